The van der Waals surface area contributed by atoms with Gasteiger partial charge >= 0.3 is 24.7 Å². The lowest BCUT2D eigenvalue weighted by atomic mass is 9.92. The van der Waals surface area contributed by atoms with Crippen molar-refractivity contribution in [1.82, 2.24) is 5.32 Å². The highest BCUT2D eigenvalue weighted by Crippen LogP contribution is 2.45. The number of halogens is 15. The molecule has 1 unspecified atom stereocenters. The quantitative estimate of drug-likeness (QED) is 0.223. The molecule has 0 aliphatic rings. The Morgan fingerprint density at radius 3 is 1.91 bits per heavy atom. The Kier molecular flexibility index (Phi) is 10.9. The van der Waals surface area contributed by atoms with E-state index < -0.39 is 105 Å². The summed E-state index contributed by atoms with van der Waals surface area (Å²) in [4.78, 5) is 24.3. The highest BCUT2D eigenvalue weighted by atomic mass is 35.5. The Hall–Kier alpha value is -3.01. The van der Waals surface area contributed by atoms with Gasteiger partial charge in [0, 0.05) is 23.5 Å². The van der Waals surface area contributed by atoms with Crippen molar-refractivity contribution in [2.75, 3.05) is 6.54 Å². The Labute approximate surface area is 243 Å². The van der Waals surface area contributed by atoms with Crippen molar-refractivity contribution in [2.45, 2.75) is 44.0 Å². The average Bonchev–Trinajstić information content (AvgIpc) is 2.84. The molecule has 1 N–H and O–H groups in total. The molecule has 18 heteroatoms. The summed E-state index contributed by atoms with van der Waals surface area (Å²) in [6.07, 6.45) is -22.3. The molecule has 0 heterocycles. The molecular formula is C25H16Cl2F13NO2. The third-order valence-electron chi connectivity index (χ3n) is 5.68. The van der Waals surface area contributed by atoms with E-state index in [1.807, 2.05) is 0 Å². The Balaban J connectivity index is 2.52. The third-order valence-corrected chi connectivity index (χ3v) is 6.49. The smallest absolute Gasteiger partial charge is 0.347 e. The summed E-state index contributed by atoms with van der Waals surface area (Å²) in [5.74, 6) is -9.42. The molecule has 0 aliphatic carbocycles. The molecular weight excluding hydrogens is 664 g/mol. The number of nitrogens with one attached hydrogen (secondary N) is 1. The van der Waals surface area contributed by atoms with Crippen LogP contribution in [0.4, 0.5) is 57.1 Å². The summed E-state index contributed by atoms with van der Waals surface area (Å²) < 4.78 is 174. The van der Waals surface area contributed by atoms with Gasteiger partial charge in [0.1, 0.15) is 18.3 Å². The average molecular weight is 680 g/mol. The second-order valence-corrected chi connectivity index (χ2v) is 9.80. The maximum absolute atomic E-state index is 15.0. The molecule has 2 atom stereocenters. The van der Waals surface area contributed by atoms with Crippen molar-refractivity contribution in [1.29, 1.82) is 0 Å². The maximum Gasteiger partial charge on any atom is 0.417 e. The minimum Gasteiger partial charge on any atom is -0.347 e. The molecule has 2 aromatic carbocycles. The number of Topliss-reactive ketones (excluding diaryl/α,β-unsaturated/α-hetero) is 1. The lowest BCUT2D eigenvalue weighted by molar-refractivity contribution is -0.142. The van der Waals surface area contributed by atoms with E-state index in [-0.39, 0.29) is 18.2 Å². The minimum absolute atomic E-state index is 0.0448. The minimum atomic E-state index is -5.48. The van der Waals surface area contributed by atoms with Gasteiger partial charge in [-0.1, -0.05) is 42.3 Å². The van der Waals surface area contributed by atoms with E-state index >= 15 is 0 Å². The highest BCUT2D eigenvalue weighted by molar-refractivity contribution is 6.42. The molecule has 0 saturated carbocycles. The standard InChI is InChI=1S/C25H16Cl2F13NO2/c1-10(21(43)41-9-22(29,30)31)4-19(42)13-3-2-11(5-15(13)24(35,36)37)18(28)8-14(23(32,33)34)12-6-16(25(38,39)40)20(27)17(26)7-12/h2-3,5-8,10,14H,4,9H2,1H3,(H,41,43)/b18-8-/t10-,14?/m0/s1. The van der Waals surface area contributed by atoms with Gasteiger partial charge in [0.05, 0.1) is 21.2 Å². The molecule has 1 amide bonds. The molecule has 0 radical (unpaired) electrons. The van der Waals surface area contributed by atoms with Gasteiger partial charge in [0.25, 0.3) is 0 Å². The van der Waals surface area contributed by atoms with Crippen LogP contribution < -0.4 is 5.32 Å². The number of benzene rings is 2. The predicted molar refractivity (Wildman–Crippen MR) is 128 cm³/mol. The van der Waals surface area contributed by atoms with Crippen LogP contribution in [0.1, 0.15) is 51.9 Å². The number of allylic oxidation sites excluding steroid dienone is 1. The number of amides is 1. The largest absolute Gasteiger partial charge is 0.417 e. The summed E-state index contributed by atoms with van der Waals surface area (Å²) in [5, 5.41) is -0.677. The molecule has 2 rings (SSSR count). The first-order chi connectivity index (χ1) is 19.3. The van der Waals surface area contributed by atoms with Gasteiger partial charge in [0.15, 0.2) is 5.78 Å². The van der Waals surface area contributed by atoms with Crippen LogP contribution in [-0.4, -0.2) is 30.6 Å². The van der Waals surface area contributed by atoms with E-state index in [1.54, 1.807) is 0 Å². The van der Waals surface area contributed by atoms with E-state index in [0.717, 1.165) is 6.92 Å². The zero-order valence-electron chi connectivity index (χ0n) is 21.0. The summed E-state index contributed by atoms with van der Waals surface area (Å²) in [6.45, 7) is -0.838. The van der Waals surface area contributed by atoms with Crippen LogP contribution in [0.3, 0.4) is 0 Å². The molecule has 0 bridgehead atoms. The summed E-state index contributed by atoms with van der Waals surface area (Å²) in [7, 11) is 0. The van der Waals surface area contributed by atoms with Gasteiger partial charge in [-0.3, -0.25) is 9.59 Å². The van der Waals surface area contributed by atoms with Crippen molar-refractivity contribution in [2.24, 2.45) is 5.92 Å². The van der Waals surface area contributed by atoms with Crippen LogP contribution in [0.15, 0.2) is 36.4 Å². The van der Waals surface area contributed by atoms with E-state index in [2.05, 4.69) is 0 Å². The number of rotatable bonds is 8. The van der Waals surface area contributed by atoms with Crippen molar-refractivity contribution < 1.29 is 66.7 Å². The number of carbonyl (C=O) groups is 2. The highest BCUT2D eigenvalue weighted by Gasteiger charge is 2.43. The number of hydrogen-bond acceptors (Lipinski definition) is 2. The van der Waals surface area contributed by atoms with Gasteiger partial charge in [-0.15, -0.1) is 0 Å². The van der Waals surface area contributed by atoms with Crippen LogP contribution in [0.2, 0.25) is 10.0 Å². The predicted octanol–water partition coefficient (Wildman–Crippen LogP) is 9.57. The van der Waals surface area contributed by atoms with Crippen LogP contribution in [0.25, 0.3) is 5.83 Å². The van der Waals surface area contributed by atoms with Crippen LogP contribution in [0.5, 0.6) is 0 Å². The number of ketones is 1. The van der Waals surface area contributed by atoms with Gasteiger partial charge < -0.3 is 5.32 Å². The van der Waals surface area contributed by atoms with E-state index in [0.29, 0.717) is 18.2 Å². The van der Waals surface area contributed by atoms with Gasteiger partial charge in [0.2, 0.25) is 5.91 Å². The zero-order valence-corrected chi connectivity index (χ0v) is 22.5. The van der Waals surface area contributed by atoms with Gasteiger partial charge in [-0.25, -0.2) is 4.39 Å². The van der Waals surface area contributed by atoms with E-state index in [9.17, 15) is 66.7 Å². The molecule has 43 heavy (non-hydrogen) atoms. The Morgan fingerprint density at radius 1 is 0.860 bits per heavy atom. The van der Waals surface area contributed by atoms with Gasteiger partial charge in [-0.05, 0) is 29.8 Å². The fraction of sp³-hybridized carbons (Fsp3) is 0.360. The number of hydrogen-bond donors (Lipinski definition) is 1. The normalized spacial score (nSPS) is 14.8. The van der Waals surface area contributed by atoms with Crippen LogP contribution in [-0.2, 0) is 17.1 Å². The first-order valence-electron chi connectivity index (χ1n) is 11.4. The van der Waals surface area contributed by atoms with E-state index in [1.165, 1.54) is 5.32 Å². The molecule has 0 aromatic heterocycles. The molecule has 0 fully saturated rings. The lowest BCUT2D eigenvalue weighted by Crippen LogP contribution is -2.37. The van der Waals surface area contributed by atoms with E-state index in [4.69, 9.17) is 23.2 Å². The second-order valence-electron chi connectivity index (χ2n) is 9.02. The van der Waals surface area contributed by atoms with Crippen molar-refractivity contribution in [3.63, 3.8) is 0 Å². The molecule has 0 spiro atoms. The number of alkyl halides is 12. The fourth-order valence-corrected chi connectivity index (χ4v) is 4.07. The zero-order chi connectivity index (χ0) is 33.3. The Morgan fingerprint density at radius 2 is 1.42 bits per heavy atom. The molecule has 0 saturated heterocycles. The van der Waals surface area contributed by atoms with Crippen molar-refractivity contribution >= 4 is 40.7 Å². The maximum atomic E-state index is 15.0. The molecule has 3 nitrogen and oxygen atoms in total. The fourth-order valence-electron chi connectivity index (χ4n) is 3.63. The van der Waals surface area contributed by atoms with Crippen LogP contribution >= 0.6 is 23.2 Å². The van der Waals surface area contributed by atoms with Crippen LogP contribution in [0, 0.1) is 5.92 Å². The summed E-state index contributed by atoms with van der Waals surface area (Å²) >= 11 is 11.0. The summed E-state index contributed by atoms with van der Waals surface area (Å²) in [5.41, 5.74) is -7.23. The first-order valence-corrected chi connectivity index (χ1v) is 12.2. The Bertz CT molecular complexity index is 1390. The van der Waals surface area contributed by atoms with Crippen molar-refractivity contribution in [3.05, 3.63) is 74.3 Å². The monoisotopic (exact) mass is 679 g/mol. The molecule has 2 aromatic rings. The third kappa shape index (κ3) is 9.74. The summed E-state index contributed by atoms with van der Waals surface area (Å²) in [6, 6.07) is 1.11. The molecule has 0 aliphatic heterocycles. The SMILES string of the molecule is C[C@@H](CC(=O)c1ccc(/C(F)=C/C(c2cc(Cl)c(Cl)c(C(F)(F)F)c2)C(F)(F)F)cc1C(F)(F)F)C(=O)NCC(F)(F)F. The molecule has 238 valence electrons. The number of carbonyl (C=O) groups excluding carboxylic acids is 2. The lowest BCUT2D eigenvalue weighted by Gasteiger charge is -2.21. The van der Waals surface area contributed by atoms with Gasteiger partial charge in [-0.2, -0.15) is 52.7 Å². The first kappa shape index (κ1) is 36.2. The topological polar surface area (TPSA) is 46.2 Å². The van der Waals surface area contributed by atoms with Crippen molar-refractivity contribution in [3.8, 4) is 0 Å². The second kappa shape index (κ2) is 12.9.